The van der Waals surface area contributed by atoms with Crippen molar-refractivity contribution in [3.05, 3.63) is 68.4 Å². The van der Waals surface area contributed by atoms with Crippen LogP contribution in [0.4, 0.5) is 4.39 Å². The standard InChI is InChI=1S/C16H10BrClFNO/c1-9-2-4-12(14(17)6-9)16(21)13(8-20)11-5-3-10(19)7-15(11)18/h2-7,13H,1H3. The predicted molar refractivity (Wildman–Crippen MR) is 83.0 cm³/mol. The molecule has 0 heterocycles. The lowest BCUT2D eigenvalue weighted by Gasteiger charge is -2.12. The van der Waals surface area contributed by atoms with Crippen molar-refractivity contribution in [2.75, 3.05) is 0 Å². The molecule has 0 bridgehead atoms. The molecule has 0 N–H and O–H groups in total. The van der Waals surface area contributed by atoms with Crippen molar-refractivity contribution < 1.29 is 9.18 Å². The maximum Gasteiger partial charge on any atom is 0.185 e. The van der Waals surface area contributed by atoms with Gasteiger partial charge in [-0.3, -0.25) is 4.79 Å². The Morgan fingerprint density at radius 2 is 2.05 bits per heavy atom. The number of hydrogen-bond acceptors (Lipinski definition) is 2. The Labute approximate surface area is 135 Å². The fraction of sp³-hybridized carbons (Fsp3) is 0.125. The van der Waals surface area contributed by atoms with E-state index in [1.807, 2.05) is 13.0 Å². The summed E-state index contributed by atoms with van der Waals surface area (Å²) in [5, 5.41) is 9.38. The third-order valence-corrected chi connectivity index (χ3v) is 4.04. The van der Waals surface area contributed by atoms with Gasteiger partial charge in [0.25, 0.3) is 0 Å². The lowest BCUT2D eigenvalue weighted by Crippen LogP contribution is -2.12. The molecule has 1 atom stereocenters. The first-order chi connectivity index (χ1) is 9.93. The fourth-order valence-electron chi connectivity index (χ4n) is 1.98. The minimum absolute atomic E-state index is 0.0677. The average molecular weight is 367 g/mol. The van der Waals surface area contributed by atoms with Crippen molar-refractivity contribution in [1.82, 2.24) is 0 Å². The molecule has 0 saturated heterocycles. The number of ketones is 1. The molecular formula is C16H10BrClFNO. The highest BCUT2D eigenvalue weighted by molar-refractivity contribution is 9.10. The Bertz CT molecular complexity index is 754. The van der Waals surface area contributed by atoms with Crippen molar-refractivity contribution in [1.29, 1.82) is 5.26 Å². The second kappa shape index (κ2) is 6.38. The van der Waals surface area contributed by atoms with Crippen LogP contribution in [-0.4, -0.2) is 5.78 Å². The van der Waals surface area contributed by atoms with Gasteiger partial charge in [0, 0.05) is 15.1 Å². The first-order valence-electron chi connectivity index (χ1n) is 6.09. The number of nitrogens with zero attached hydrogens (tertiary/aromatic N) is 1. The molecule has 21 heavy (non-hydrogen) atoms. The van der Waals surface area contributed by atoms with Crippen LogP contribution in [-0.2, 0) is 0 Å². The van der Waals surface area contributed by atoms with Gasteiger partial charge in [-0.2, -0.15) is 5.26 Å². The Balaban J connectivity index is 2.46. The van der Waals surface area contributed by atoms with Crippen molar-refractivity contribution in [3.63, 3.8) is 0 Å². The molecule has 5 heteroatoms. The van der Waals surface area contributed by atoms with Crippen molar-refractivity contribution >= 4 is 33.3 Å². The summed E-state index contributed by atoms with van der Waals surface area (Å²) in [6.07, 6.45) is 0. The molecule has 2 aromatic carbocycles. The third-order valence-electron chi connectivity index (χ3n) is 3.05. The van der Waals surface area contributed by atoms with Gasteiger partial charge in [0.1, 0.15) is 11.7 Å². The van der Waals surface area contributed by atoms with Crippen LogP contribution in [0.3, 0.4) is 0 Å². The molecule has 2 nitrogen and oxygen atoms in total. The molecule has 0 fully saturated rings. The minimum Gasteiger partial charge on any atom is -0.292 e. The maximum atomic E-state index is 13.1. The molecule has 2 rings (SSSR count). The van der Waals surface area contributed by atoms with Gasteiger partial charge in [0.2, 0.25) is 0 Å². The second-order valence-corrected chi connectivity index (χ2v) is 5.84. The van der Waals surface area contributed by atoms with Crippen molar-refractivity contribution in [2.45, 2.75) is 12.8 Å². The molecule has 0 radical (unpaired) electrons. The largest absolute Gasteiger partial charge is 0.292 e. The summed E-state index contributed by atoms with van der Waals surface area (Å²) in [7, 11) is 0. The van der Waals surface area contributed by atoms with E-state index in [0.717, 1.165) is 11.6 Å². The number of Topliss-reactive ketones (excluding diaryl/α,β-unsaturated/α-hetero) is 1. The molecule has 0 aliphatic carbocycles. The number of aryl methyl sites for hydroxylation is 1. The summed E-state index contributed by atoms with van der Waals surface area (Å²) in [6, 6.07) is 10.8. The summed E-state index contributed by atoms with van der Waals surface area (Å²) < 4.78 is 13.7. The van der Waals surface area contributed by atoms with Gasteiger partial charge in [0.15, 0.2) is 5.78 Å². The molecule has 0 aromatic heterocycles. The first kappa shape index (κ1) is 15.7. The Kier molecular flexibility index (Phi) is 4.76. The van der Waals surface area contributed by atoms with Crippen LogP contribution in [0.1, 0.15) is 27.4 Å². The lowest BCUT2D eigenvalue weighted by atomic mass is 9.91. The van der Waals surface area contributed by atoms with Crippen LogP contribution < -0.4 is 0 Å². The average Bonchev–Trinajstić information content (AvgIpc) is 2.41. The van der Waals surface area contributed by atoms with Gasteiger partial charge in [-0.15, -0.1) is 0 Å². The quantitative estimate of drug-likeness (QED) is 0.714. The third kappa shape index (κ3) is 3.31. The van der Waals surface area contributed by atoms with Crippen LogP contribution in [0.25, 0.3) is 0 Å². The molecule has 0 spiro atoms. The van der Waals surface area contributed by atoms with Gasteiger partial charge in [-0.25, -0.2) is 4.39 Å². The summed E-state index contributed by atoms with van der Waals surface area (Å²) in [6.45, 7) is 1.90. The molecule has 0 aliphatic heterocycles. The van der Waals surface area contributed by atoms with Crippen LogP contribution in [0, 0.1) is 24.1 Å². The smallest absolute Gasteiger partial charge is 0.185 e. The topological polar surface area (TPSA) is 40.9 Å². The Hall–Kier alpha value is -1.70. The highest BCUT2D eigenvalue weighted by Gasteiger charge is 2.25. The SMILES string of the molecule is Cc1ccc(C(=O)C(C#N)c2ccc(F)cc2Cl)c(Br)c1. The second-order valence-electron chi connectivity index (χ2n) is 4.58. The van der Waals surface area contributed by atoms with E-state index in [-0.39, 0.29) is 10.8 Å². The number of nitriles is 1. The zero-order chi connectivity index (χ0) is 15.6. The number of halogens is 3. The zero-order valence-corrected chi connectivity index (χ0v) is 13.4. The van der Waals surface area contributed by atoms with Crippen LogP contribution in [0.5, 0.6) is 0 Å². The predicted octanol–water partition coefficient (Wildman–Crippen LogP) is 5.04. The molecule has 0 amide bonds. The molecule has 1 unspecified atom stereocenters. The van der Waals surface area contributed by atoms with Crippen LogP contribution in [0.2, 0.25) is 5.02 Å². The Morgan fingerprint density at radius 3 is 2.62 bits per heavy atom. The van der Waals surface area contributed by atoms with E-state index in [1.54, 1.807) is 18.2 Å². The summed E-state index contributed by atoms with van der Waals surface area (Å²) >= 11 is 9.27. The number of rotatable bonds is 3. The normalized spacial score (nSPS) is 11.8. The van der Waals surface area contributed by atoms with Gasteiger partial charge < -0.3 is 0 Å². The highest BCUT2D eigenvalue weighted by atomic mass is 79.9. The summed E-state index contributed by atoms with van der Waals surface area (Å²) in [5.41, 5.74) is 1.69. The van der Waals surface area contributed by atoms with Gasteiger partial charge in [-0.1, -0.05) is 39.7 Å². The molecule has 0 saturated carbocycles. The van der Waals surface area contributed by atoms with E-state index in [0.29, 0.717) is 15.6 Å². The zero-order valence-electron chi connectivity index (χ0n) is 11.0. The molecule has 2 aromatic rings. The van der Waals surface area contributed by atoms with Gasteiger partial charge >= 0.3 is 0 Å². The highest BCUT2D eigenvalue weighted by Crippen LogP contribution is 2.30. The van der Waals surface area contributed by atoms with E-state index in [9.17, 15) is 14.4 Å². The lowest BCUT2D eigenvalue weighted by molar-refractivity contribution is 0.0978. The molecular weight excluding hydrogens is 357 g/mol. The Morgan fingerprint density at radius 1 is 1.33 bits per heavy atom. The summed E-state index contributed by atoms with van der Waals surface area (Å²) in [5.74, 6) is -1.96. The van der Waals surface area contributed by atoms with Crippen LogP contribution in [0.15, 0.2) is 40.9 Å². The molecule has 0 aliphatic rings. The fourth-order valence-corrected chi connectivity index (χ4v) is 2.95. The first-order valence-corrected chi connectivity index (χ1v) is 7.26. The van der Waals surface area contributed by atoms with Gasteiger partial charge in [0.05, 0.1) is 6.07 Å². The number of hydrogen-bond donors (Lipinski definition) is 0. The van der Waals surface area contributed by atoms with Crippen molar-refractivity contribution in [3.8, 4) is 6.07 Å². The summed E-state index contributed by atoms with van der Waals surface area (Å²) in [4.78, 5) is 12.5. The monoisotopic (exact) mass is 365 g/mol. The number of carbonyl (C=O) groups excluding carboxylic acids is 1. The minimum atomic E-state index is -1.07. The van der Waals surface area contributed by atoms with E-state index in [1.165, 1.54) is 12.1 Å². The number of benzene rings is 2. The number of carbonyl (C=O) groups is 1. The van der Waals surface area contributed by atoms with Crippen molar-refractivity contribution in [2.24, 2.45) is 0 Å². The van der Waals surface area contributed by atoms with E-state index in [2.05, 4.69) is 15.9 Å². The van der Waals surface area contributed by atoms with E-state index in [4.69, 9.17) is 11.6 Å². The van der Waals surface area contributed by atoms with E-state index >= 15 is 0 Å². The molecule has 106 valence electrons. The van der Waals surface area contributed by atoms with Gasteiger partial charge in [-0.05, 0) is 42.3 Å². The van der Waals surface area contributed by atoms with Crippen LogP contribution >= 0.6 is 27.5 Å². The maximum absolute atomic E-state index is 13.1. The van der Waals surface area contributed by atoms with E-state index < -0.39 is 11.7 Å².